The molecule has 0 unspecified atom stereocenters. The summed E-state index contributed by atoms with van der Waals surface area (Å²) in [6.45, 7) is 12.6. The van der Waals surface area contributed by atoms with E-state index in [0.29, 0.717) is 96.3 Å². The van der Waals surface area contributed by atoms with Crippen LogP contribution in [0.4, 0.5) is 62.3 Å². The van der Waals surface area contributed by atoms with E-state index in [1.54, 1.807) is 50.5 Å². The van der Waals surface area contributed by atoms with Crippen molar-refractivity contribution in [3.8, 4) is 0 Å². The highest BCUT2D eigenvalue weighted by Gasteiger charge is 2.37. The monoisotopic (exact) mass is 1370 g/mol. The Morgan fingerprint density at radius 2 is 0.935 bits per heavy atom. The highest BCUT2D eigenvalue weighted by Crippen LogP contribution is 2.40. The molecule has 8 rings (SSSR count). The van der Waals surface area contributed by atoms with Gasteiger partial charge in [-0.15, -0.1) is 0 Å². The van der Waals surface area contributed by atoms with Gasteiger partial charge in [0.1, 0.15) is 0 Å². The number of rotatable bonds is 21. The lowest BCUT2D eigenvalue weighted by Crippen LogP contribution is -2.41. The highest BCUT2D eigenvalue weighted by atomic mass is 32.2. The highest BCUT2D eigenvalue weighted by molar-refractivity contribution is 7.90. The zero-order valence-corrected chi connectivity index (χ0v) is 55.9. The Kier molecular flexibility index (Phi) is 27.2. The lowest BCUT2D eigenvalue weighted by atomic mass is 9.86. The molecule has 0 spiro atoms. The van der Waals surface area contributed by atoms with Gasteiger partial charge in [-0.2, -0.15) is 39.5 Å². The van der Waals surface area contributed by atoms with E-state index in [0.717, 1.165) is 94.5 Å². The Bertz CT molecular complexity index is 3230. The van der Waals surface area contributed by atoms with Crippen molar-refractivity contribution < 1.29 is 79.1 Å². The lowest BCUT2D eigenvalue weighted by Gasteiger charge is -2.32. The number of carbonyl (C=O) groups excluding carboxylic acids is 2. The van der Waals surface area contributed by atoms with Gasteiger partial charge in [-0.1, -0.05) is 0 Å². The van der Waals surface area contributed by atoms with Gasteiger partial charge >= 0.3 is 18.5 Å². The van der Waals surface area contributed by atoms with Crippen LogP contribution in [-0.2, 0) is 53.3 Å². The van der Waals surface area contributed by atoms with Crippen LogP contribution in [0.1, 0.15) is 162 Å². The molecule has 2 amide bonds. The largest absolute Gasteiger partial charge is 0.418 e. The molecule has 3 saturated carbocycles. The number of halogens is 9. The number of anilines is 4. The maximum atomic E-state index is 13.5. The summed E-state index contributed by atoms with van der Waals surface area (Å²) in [7, 11) is -6.85. The number of ether oxygens (including phenoxy) is 1. The molecular weight excluding hydrogens is 1280 g/mol. The molecule has 0 bridgehead atoms. The predicted molar refractivity (Wildman–Crippen MR) is 340 cm³/mol. The molecule has 0 atom stereocenters. The molecule has 0 radical (unpaired) electrons. The van der Waals surface area contributed by atoms with Crippen LogP contribution >= 0.6 is 0 Å². The maximum absolute atomic E-state index is 13.5. The first kappa shape index (κ1) is 75.9. The molecule has 3 aliphatic carbocycles. The molecule has 2 heterocycles. The van der Waals surface area contributed by atoms with Crippen molar-refractivity contribution in [2.75, 3.05) is 99.7 Å². The van der Waals surface area contributed by atoms with Crippen LogP contribution in [0.3, 0.4) is 0 Å². The third-order valence-electron chi connectivity index (χ3n) is 17.4. The summed E-state index contributed by atoms with van der Waals surface area (Å²) in [5.41, 5.74) is -0.922. The van der Waals surface area contributed by atoms with E-state index >= 15 is 0 Å². The van der Waals surface area contributed by atoms with Crippen LogP contribution in [0.2, 0.25) is 0 Å². The molecule has 3 aromatic carbocycles. The van der Waals surface area contributed by atoms with Crippen molar-refractivity contribution in [2.45, 2.75) is 172 Å². The number of sulfonamides is 3. The van der Waals surface area contributed by atoms with E-state index in [4.69, 9.17) is 4.74 Å². The van der Waals surface area contributed by atoms with Crippen molar-refractivity contribution >= 4 is 64.6 Å². The van der Waals surface area contributed by atoms with E-state index in [1.165, 1.54) is 37.2 Å². The quantitative estimate of drug-likeness (QED) is 0.0546. The summed E-state index contributed by atoms with van der Waals surface area (Å²) in [5, 5.41) is 8.43. The Labute approximate surface area is 536 Å². The van der Waals surface area contributed by atoms with Gasteiger partial charge in [0.2, 0.25) is 30.1 Å². The number of alkyl halides is 9. The fourth-order valence-corrected chi connectivity index (χ4v) is 14.5. The Morgan fingerprint density at radius 1 is 0.533 bits per heavy atom. The molecule has 520 valence electrons. The SMILES string of the molecule is CC(C)S(=O)(=O)NC1CCC(CNc2cc(C(=O)N(C)C)cc(C(F)(F)F)c2)CC1.CC(C)S(=O)(=O)NC1CCC(CNc2cc(C(=O)N3CCCC3)cc(C(F)(F)F)c2)CC1.CCS(=O)(=O)NC1CCC(CNc2ccc(C(F)(F)F)c(N3CCOCC3)c2)CC1. The molecule has 92 heavy (non-hydrogen) atoms. The summed E-state index contributed by atoms with van der Waals surface area (Å²) in [5.74, 6) is 0.0149. The second-order valence-electron chi connectivity index (χ2n) is 25.4. The van der Waals surface area contributed by atoms with E-state index in [9.17, 15) is 74.4 Å². The normalized spacial score (nSPS) is 22.0. The Morgan fingerprint density at radius 3 is 1.33 bits per heavy atom. The van der Waals surface area contributed by atoms with Crippen LogP contribution < -0.4 is 35.0 Å². The summed E-state index contributed by atoms with van der Waals surface area (Å²) in [6, 6.07) is 10.7. The molecule has 30 heteroatoms. The third-order valence-corrected chi connectivity index (χ3v) is 22.7. The van der Waals surface area contributed by atoms with E-state index < -0.39 is 81.7 Å². The fourth-order valence-electron chi connectivity index (χ4n) is 11.7. The molecular formula is C62H92F9N9O9S3. The van der Waals surface area contributed by atoms with E-state index in [1.807, 2.05) is 0 Å². The number of amides is 2. The average molecular weight is 1370 g/mol. The van der Waals surface area contributed by atoms with E-state index in [-0.39, 0.29) is 69.8 Å². The summed E-state index contributed by atoms with van der Waals surface area (Å²) in [4.78, 5) is 29.4. The topological polar surface area (TPSA) is 228 Å². The number of likely N-dealkylation sites (tertiary alicyclic amines) is 1. The van der Waals surface area contributed by atoms with Gasteiger partial charge in [-0.3, -0.25) is 9.59 Å². The number of hydrogen-bond acceptors (Lipinski definition) is 13. The van der Waals surface area contributed by atoms with Crippen molar-refractivity contribution in [1.82, 2.24) is 24.0 Å². The zero-order chi connectivity index (χ0) is 68.0. The molecule has 2 aliphatic heterocycles. The molecule has 3 aromatic rings. The van der Waals surface area contributed by atoms with Gasteiger partial charge < -0.3 is 35.4 Å². The van der Waals surface area contributed by atoms with Crippen LogP contribution in [0.15, 0.2) is 54.6 Å². The van der Waals surface area contributed by atoms with Crippen molar-refractivity contribution in [1.29, 1.82) is 0 Å². The summed E-state index contributed by atoms with van der Waals surface area (Å²) >= 11 is 0. The minimum Gasteiger partial charge on any atom is -0.385 e. The van der Waals surface area contributed by atoms with Crippen LogP contribution in [-0.4, -0.2) is 154 Å². The molecule has 5 fully saturated rings. The number of nitrogens with zero attached hydrogens (tertiary/aromatic N) is 3. The van der Waals surface area contributed by atoms with Crippen LogP contribution in [0, 0.1) is 17.8 Å². The molecule has 2 saturated heterocycles. The summed E-state index contributed by atoms with van der Waals surface area (Å²) in [6.07, 6.45) is -2.62. The third kappa shape index (κ3) is 23.4. The first-order chi connectivity index (χ1) is 42.9. The second-order valence-corrected chi connectivity index (χ2v) is 31.9. The van der Waals surface area contributed by atoms with Crippen LogP contribution in [0.5, 0.6) is 0 Å². The molecule has 18 nitrogen and oxygen atoms in total. The van der Waals surface area contributed by atoms with Gasteiger partial charge in [-0.05, 0) is 197 Å². The van der Waals surface area contributed by atoms with Gasteiger partial charge in [-0.25, -0.2) is 39.4 Å². The predicted octanol–water partition coefficient (Wildman–Crippen LogP) is 11.4. The average Bonchev–Trinajstić information content (AvgIpc) is 0.902. The summed E-state index contributed by atoms with van der Waals surface area (Å²) < 4.78 is 205. The standard InChI is InChI=1S/C22H32F3N3O3S.2C20H30F3N3O3S/c1-15(2)32(30,31)27-19-7-5-16(6-8-19)14-26-20-12-17(11-18(13-20)22(23,24)25)21(29)28-9-3-4-10-28;1-2-30(27,28)25-16-5-3-15(4-6-16)14-24-17-7-8-18(20(21,22)23)19(13-17)26-9-11-29-12-10-26;1-13(2)30(28,29)25-17-7-5-14(6-8-17)12-24-18-10-15(19(27)26(3)4)9-16(11-18)20(21,22)23/h11-13,15-16,19,26-27H,3-10,14H2,1-2H3;7-8,13,15-16,24-25H,2-6,9-12,14H2,1H3;9-11,13-14,17,24-25H,5-8,12H2,1-4H3. The van der Waals surface area contributed by atoms with Crippen molar-refractivity contribution in [2.24, 2.45) is 17.8 Å². The number of benzene rings is 3. The minimum atomic E-state index is -4.55. The molecule has 0 aromatic heterocycles. The fraction of sp³-hybridized carbons (Fsp3) is 0.677. The van der Waals surface area contributed by atoms with Crippen molar-refractivity contribution in [3.63, 3.8) is 0 Å². The van der Waals surface area contributed by atoms with Gasteiger partial charge in [0.05, 0.1) is 51.8 Å². The van der Waals surface area contributed by atoms with Gasteiger partial charge in [0.15, 0.2) is 0 Å². The maximum Gasteiger partial charge on any atom is 0.418 e. The first-order valence-corrected chi connectivity index (χ1v) is 36.4. The first-order valence-electron chi connectivity index (χ1n) is 31.7. The Balaban J connectivity index is 0.000000219. The number of hydrogen-bond donors (Lipinski definition) is 6. The van der Waals surface area contributed by atoms with Crippen molar-refractivity contribution in [3.05, 3.63) is 82.4 Å². The number of nitrogens with one attached hydrogen (secondary N) is 6. The smallest absolute Gasteiger partial charge is 0.385 e. The molecule has 5 aliphatic rings. The zero-order valence-electron chi connectivity index (χ0n) is 53.4. The lowest BCUT2D eigenvalue weighted by molar-refractivity contribution is -0.138. The van der Waals surface area contributed by atoms with Gasteiger partial charge in [0.25, 0.3) is 11.8 Å². The number of morpholine rings is 1. The minimum absolute atomic E-state index is 0.0230. The Hall–Kier alpha value is -5.14. The van der Waals surface area contributed by atoms with Gasteiger partial charge in [0, 0.05) is 106 Å². The number of carbonyl (C=O) groups is 2. The second kappa shape index (κ2) is 33.0. The molecule has 6 N–H and O–H groups in total. The van der Waals surface area contributed by atoms with Crippen LogP contribution in [0.25, 0.3) is 0 Å². The van der Waals surface area contributed by atoms with E-state index in [2.05, 4.69) is 30.1 Å².